The number of rotatable bonds is 9. The van der Waals surface area contributed by atoms with Crippen LogP contribution in [0.1, 0.15) is 40.0 Å². The number of hydrogen-bond acceptors (Lipinski definition) is 2. The van der Waals surface area contributed by atoms with Crippen LogP contribution in [0.25, 0.3) is 0 Å². The van der Waals surface area contributed by atoms with Crippen LogP contribution >= 0.6 is 11.6 Å². The minimum absolute atomic E-state index is 0.174. The smallest absolute Gasteiger partial charge is 0.212 e. The summed E-state index contributed by atoms with van der Waals surface area (Å²) in [6, 6.07) is 0. The molecule has 0 aromatic rings. The molecule has 0 spiro atoms. The highest BCUT2D eigenvalue weighted by molar-refractivity contribution is 7.89. The van der Waals surface area contributed by atoms with E-state index >= 15 is 0 Å². The summed E-state index contributed by atoms with van der Waals surface area (Å²) in [6.45, 7) is 7.40. The van der Waals surface area contributed by atoms with Crippen LogP contribution in [0.4, 0.5) is 0 Å². The summed E-state index contributed by atoms with van der Waals surface area (Å²) in [5, 5.41) is 0. The molecule has 0 aliphatic heterocycles. The zero-order valence-corrected chi connectivity index (χ0v) is 12.1. The molecule has 3 nitrogen and oxygen atoms in total. The fourth-order valence-electron chi connectivity index (χ4n) is 1.45. The summed E-state index contributed by atoms with van der Waals surface area (Å²) in [5.74, 6) is 0.942. The number of hydrogen-bond donors (Lipinski definition) is 0. The third-order valence-electron chi connectivity index (χ3n) is 2.26. The fraction of sp³-hybridized carbons (Fsp3) is 1.00. The molecule has 0 atom stereocenters. The Hall–Kier alpha value is 0.200. The van der Waals surface area contributed by atoms with Gasteiger partial charge in [0.2, 0.25) is 10.0 Å². The predicted octanol–water partition coefficient (Wildman–Crippen LogP) is 2.70. The molecule has 0 aromatic heterocycles. The minimum Gasteiger partial charge on any atom is -0.212 e. The van der Waals surface area contributed by atoms with Gasteiger partial charge in [-0.1, -0.05) is 27.2 Å². The second-order valence-electron chi connectivity index (χ2n) is 4.46. The van der Waals surface area contributed by atoms with Gasteiger partial charge in [-0.3, -0.25) is 0 Å². The molecule has 0 aliphatic carbocycles. The van der Waals surface area contributed by atoms with E-state index in [0.29, 0.717) is 31.3 Å². The first-order valence-corrected chi connectivity index (χ1v) is 8.12. The first kappa shape index (κ1) is 16.2. The fourth-order valence-corrected chi connectivity index (χ4v) is 3.44. The normalized spacial score (nSPS) is 12.6. The molecule has 0 amide bonds. The van der Waals surface area contributed by atoms with Crippen molar-refractivity contribution in [3.8, 4) is 0 Å². The average Bonchev–Trinajstić information content (AvgIpc) is 2.20. The summed E-state index contributed by atoms with van der Waals surface area (Å²) < 4.78 is 25.6. The molecular formula is C11H24ClNO2S. The Morgan fingerprint density at radius 3 is 2.31 bits per heavy atom. The molecule has 0 fully saturated rings. The third kappa shape index (κ3) is 6.71. The van der Waals surface area contributed by atoms with Crippen LogP contribution < -0.4 is 0 Å². The van der Waals surface area contributed by atoms with Gasteiger partial charge in [0.1, 0.15) is 0 Å². The van der Waals surface area contributed by atoms with Gasteiger partial charge in [-0.15, -0.1) is 11.6 Å². The topological polar surface area (TPSA) is 37.4 Å². The molecule has 0 heterocycles. The highest BCUT2D eigenvalue weighted by atomic mass is 35.5. The lowest BCUT2D eigenvalue weighted by molar-refractivity contribution is 0.361. The Balaban J connectivity index is 4.46. The standard InChI is InChI=1S/C11H24ClNO2S/c1-4-5-8-13(10-11(2)3)16(14,15)9-6-7-12/h11H,4-10H2,1-3H3. The lowest BCUT2D eigenvalue weighted by Crippen LogP contribution is -2.36. The van der Waals surface area contributed by atoms with E-state index in [-0.39, 0.29) is 5.75 Å². The van der Waals surface area contributed by atoms with Crippen molar-refractivity contribution in [1.82, 2.24) is 4.31 Å². The maximum absolute atomic E-state index is 12.0. The van der Waals surface area contributed by atoms with Crippen molar-refractivity contribution in [2.45, 2.75) is 40.0 Å². The van der Waals surface area contributed by atoms with E-state index in [0.717, 1.165) is 12.8 Å². The Kier molecular flexibility index (Phi) is 8.42. The van der Waals surface area contributed by atoms with Gasteiger partial charge in [-0.25, -0.2) is 12.7 Å². The molecule has 0 aliphatic rings. The molecule has 16 heavy (non-hydrogen) atoms. The number of unbranched alkanes of at least 4 members (excludes halogenated alkanes) is 1. The van der Waals surface area contributed by atoms with Gasteiger partial charge < -0.3 is 0 Å². The molecule has 0 radical (unpaired) electrons. The second-order valence-corrected chi connectivity index (χ2v) is 6.93. The van der Waals surface area contributed by atoms with Crippen LogP contribution in [0.3, 0.4) is 0 Å². The Morgan fingerprint density at radius 2 is 1.88 bits per heavy atom. The summed E-state index contributed by atoms with van der Waals surface area (Å²) in [4.78, 5) is 0. The van der Waals surface area contributed by atoms with Gasteiger partial charge in [0.15, 0.2) is 0 Å². The van der Waals surface area contributed by atoms with E-state index in [1.807, 2.05) is 13.8 Å². The van der Waals surface area contributed by atoms with Crippen LogP contribution in [-0.2, 0) is 10.0 Å². The van der Waals surface area contributed by atoms with Crippen LogP contribution in [0.5, 0.6) is 0 Å². The predicted molar refractivity (Wildman–Crippen MR) is 70.4 cm³/mol. The SMILES string of the molecule is CCCCN(CC(C)C)S(=O)(=O)CCCCl. The summed E-state index contributed by atoms with van der Waals surface area (Å²) in [5.41, 5.74) is 0. The molecule has 5 heteroatoms. The molecule has 0 saturated heterocycles. The first-order chi connectivity index (χ1) is 7.44. The van der Waals surface area contributed by atoms with Crippen molar-refractivity contribution in [2.24, 2.45) is 5.92 Å². The number of nitrogens with zero attached hydrogens (tertiary/aromatic N) is 1. The highest BCUT2D eigenvalue weighted by Crippen LogP contribution is 2.09. The van der Waals surface area contributed by atoms with Gasteiger partial charge in [0.05, 0.1) is 5.75 Å². The Labute approximate surface area is 105 Å². The van der Waals surface area contributed by atoms with E-state index in [2.05, 4.69) is 6.92 Å². The molecule has 0 unspecified atom stereocenters. The van der Waals surface area contributed by atoms with Gasteiger partial charge in [-0.05, 0) is 18.8 Å². The maximum atomic E-state index is 12.0. The molecule has 98 valence electrons. The van der Waals surface area contributed by atoms with Gasteiger partial charge >= 0.3 is 0 Å². The van der Waals surface area contributed by atoms with Gasteiger partial charge in [0.25, 0.3) is 0 Å². The van der Waals surface area contributed by atoms with Crippen molar-refractivity contribution in [3.05, 3.63) is 0 Å². The van der Waals surface area contributed by atoms with Crippen molar-refractivity contribution < 1.29 is 8.42 Å². The molecule has 0 aromatic carbocycles. The molecular weight excluding hydrogens is 246 g/mol. The Morgan fingerprint density at radius 1 is 1.25 bits per heavy atom. The zero-order valence-electron chi connectivity index (χ0n) is 10.6. The molecule has 0 saturated carbocycles. The number of alkyl halides is 1. The van der Waals surface area contributed by atoms with E-state index in [1.54, 1.807) is 4.31 Å². The van der Waals surface area contributed by atoms with Crippen molar-refractivity contribution >= 4 is 21.6 Å². The summed E-state index contributed by atoms with van der Waals surface area (Å²) in [6.07, 6.45) is 2.47. The maximum Gasteiger partial charge on any atom is 0.214 e. The van der Waals surface area contributed by atoms with E-state index in [4.69, 9.17) is 11.6 Å². The number of halogens is 1. The third-order valence-corrected chi connectivity index (χ3v) is 4.45. The van der Waals surface area contributed by atoms with Crippen molar-refractivity contribution in [2.75, 3.05) is 24.7 Å². The number of sulfonamides is 1. The van der Waals surface area contributed by atoms with Crippen LogP contribution in [0.15, 0.2) is 0 Å². The molecule has 0 rings (SSSR count). The Bertz CT molecular complexity index is 265. The zero-order chi connectivity index (χ0) is 12.6. The van der Waals surface area contributed by atoms with Crippen molar-refractivity contribution in [3.63, 3.8) is 0 Å². The van der Waals surface area contributed by atoms with E-state index < -0.39 is 10.0 Å². The molecule has 0 N–H and O–H groups in total. The van der Waals surface area contributed by atoms with Gasteiger partial charge in [-0.2, -0.15) is 0 Å². The highest BCUT2D eigenvalue weighted by Gasteiger charge is 2.21. The van der Waals surface area contributed by atoms with Crippen molar-refractivity contribution in [1.29, 1.82) is 0 Å². The monoisotopic (exact) mass is 269 g/mol. The first-order valence-electron chi connectivity index (χ1n) is 5.97. The van der Waals surface area contributed by atoms with Crippen LogP contribution in [0, 0.1) is 5.92 Å². The lowest BCUT2D eigenvalue weighted by atomic mass is 10.2. The molecule has 0 bridgehead atoms. The average molecular weight is 270 g/mol. The minimum atomic E-state index is -3.10. The summed E-state index contributed by atoms with van der Waals surface area (Å²) in [7, 11) is -3.10. The van der Waals surface area contributed by atoms with E-state index in [1.165, 1.54) is 0 Å². The quantitative estimate of drug-likeness (QED) is 0.604. The summed E-state index contributed by atoms with van der Waals surface area (Å²) >= 11 is 5.54. The van der Waals surface area contributed by atoms with Crippen LogP contribution in [-0.4, -0.2) is 37.4 Å². The van der Waals surface area contributed by atoms with E-state index in [9.17, 15) is 8.42 Å². The second kappa shape index (κ2) is 8.31. The lowest BCUT2D eigenvalue weighted by Gasteiger charge is -2.23. The van der Waals surface area contributed by atoms with Crippen LogP contribution in [0.2, 0.25) is 0 Å². The van der Waals surface area contributed by atoms with Gasteiger partial charge in [0, 0.05) is 19.0 Å². The largest absolute Gasteiger partial charge is 0.214 e.